The van der Waals surface area contributed by atoms with Crippen molar-refractivity contribution in [1.82, 2.24) is 9.88 Å². The van der Waals surface area contributed by atoms with Gasteiger partial charge in [0.15, 0.2) is 0 Å². The molecule has 0 atom stereocenters. The van der Waals surface area contributed by atoms with E-state index in [1.165, 1.54) is 16.7 Å². The van der Waals surface area contributed by atoms with Crippen molar-refractivity contribution in [1.29, 1.82) is 0 Å². The molecule has 0 saturated carbocycles. The van der Waals surface area contributed by atoms with Crippen LogP contribution in [0.1, 0.15) is 45.2 Å². The van der Waals surface area contributed by atoms with Gasteiger partial charge in [0.2, 0.25) is 0 Å². The van der Waals surface area contributed by atoms with Crippen LogP contribution in [0.3, 0.4) is 0 Å². The van der Waals surface area contributed by atoms with Gasteiger partial charge in [-0.2, -0.15) is 0 Å². The van der Waals surface area contributed by atoms with Gasteiger partial charge in [0.1, 0.15) is 6.54 Å². The Balaban J connectivity index is 1.59. The summed E-state index contributed by atoms with van der Waals surface area (Å²) in [6.07, 6.45) is 0.838. The number of pyridine rings is 1. The number of nitrogens with zero attached hydrogens (tertiary/aromatic N) is 2. The molecule has 1 fully saturated rings. The average molecular weight is 403 g/mol. The lowest BCUT2D eigenvalue weighted by molar-refractivity contribution is -0.917. The normalized spacial score (nSPS) is 15.0. The number of carbonyl (C=O) groups is 1. The fraction of sp³-hybridized carbons (Fsp3) is 0.385. The Morgan fingerprint density at radius 1 is 1.00 bits per heavy atom. The predicted molar refractivity (Wildman–Crippen MR) is 122 cm³/mol. The molecule has 1 aliphatic rings. The summed E-state index contributed by atoms with van der Waals surface area (Å²) >= 11 is 0. The first-order valence-electron chi connectivity index (χ1n) is 11.1. The Labute approximate surface area is 179 Å². The van der Waals surface area contributed by atoms with E-state index < -0.39 is 0 Å². The van der Waals surface area contributed by atoms with Crippen LogP contribution in [-0.2, 0) is 13.0 Å². The first-order chi connectivity index (χ1) is 14.5. The van der Waals surface area contributed by atoms with Crippen LogP contribution < -0.4 is 4.90 Å². The minimum atomic E-state index is 0.164. The highest BCUT2D eigenvalue weighted by molar-refractivity contribution is 6.08. The number of amides is 1. The molecule has 3 aromatic rings. The van der Waals surface area contributed by atoms with Gasteiger partial charge in [-0.05, 0) is 43.9 Å². The van der Waals surface area contributed by atoms with E-state index in [9.17, 15) is 4.79 Å². The van der Waals surface area contributed by atoms with Crippen LogP contribution in [0.25, 0.3) is 10.9 Å². The van der Waals surface area contributed by atoms with Gasteiger partial charge in [-0.15, -0.1) is 0 Å². The van der Waals surface area contributed by atoms with E-state index in [1.807, 2.05) is 4.90 Å². The second kappa shape index (κ2) is 8.57. The molecule has 0 aliphatic carbocycles. The number of piperazine rings is 1. The molecule has 0 bridgehead atoms. The molecule has 1 saturated heterocycles. The number of hydrogen-bond acceptors (Lipinski definition) is 2. The molecule has 1 aromatic heterocycles. The summed E-state index contributed by atoms with van der Waals surface area (Å²) < 4.78 is 0. The first kappa shape index (κ1) is 20.5. The molecule has 4 heteroatoms. The molecule has 156 valence electrons. The maximum Gasteiger partial charge on any atom is 0.255 e. The highest BCUT2D eigenvalue weighted by atomic mass is 16.2. The molecule has 0 radical (unpaired) electrons. The van der Waals surface area contributed by atoms with Crippen molar-refractivity contribution in [2.75, 3.05) is 26.2 Å². The number of aryl methyl sites for hydroxylation is 3. The van der Waals surface area contributed by atoms with Gasteiger partial charge in [-0.3, -0.25) is 9.78 Å². The largest absolute Gasteiger partial charge is 0.328 e. The van der Waals surface area contributed by atoms with Gasteiger partial charge in [-0.1, -0.05) is 49.4 Å². The van der Waals surface area contributed by atoms with Crippen LogP contribution in [0.2, 0.25) is 0 Å². The molecule has 2 heterocycles. The number of nitrogens with one attached hydrogen (secondary N) is 1. The van der Waals surface area contributed by atoms with Gasteiger partial charge < -0.3 is 9.80 Å². The highest BCUT2D eigenvalue weighted by Crippen LogP contribution is 2.28. The van der Waals surface area contributed by atoms with E-state index in [4.69, 9.17) is 4.98 Å². The number of quaternary nitrogens is 1. The summed E-state index contributed by atoms with van der Waals surface area (Å²) in [6.45, 7) is 13.0. The van der Waals surface area contributed by atoms with Crippen molar-refractivity contribution in [3.8, 4) is 0 Å². The van der Waals surface area contributed by atoms with Crippen molar-refractivity contribution in [2.45, 2.75) is 40.7 Å². The summed E-state index contributed by atoms with van der Waals surface area (Å²) in [4.78, 5) is 22.2. The van der Waals surface area contributed by atoms with Crippen LogP contribution >= 0.6 is 0 Å². The van der Waals surface area contributed by atoms with E-state index >= 15 is 0 Å². The zero-order chi connectivity index (χ0) is 21.3. The van der Waals surface area contributed by atoms with Gasteiger partial charge in [-0.25, -0.2) is 0 Å². The first-order valence-corrected chi connectivity index (χ1v) is 11.1. The number of hydrogen-bond donors (Lipinski definition) is 1. The Hall–Kier alpha value is -2.72. The smallest absolute Gasteiger partial charge is 0.255 e. The van der Waals surface area contributed by atoms with E-state index in [1.54, 1.807) is 4.90 Å². The molecular formula is C26H32N3O+. The van der Waals surface area contributed by atoms with Gasteiger partial charge in [0, 0.05) is 16.6 Å². The van der Waals surface area contributed by atoms with Gasteiger partial charge in [0.05, 0.1) is 37.3 Å². The third-order valence-corrected chi connectivity index (χ3v) is 6.63. The SMILES string of the molecule is CCc1nc2c(C)c(C)ccc2c(C(=O)N2CC[NH+](Cc3ccccc3)CC2)c1C. The second-order valence-corrected chi connectivity index (χ2v) is 8.52. The molecule has 2 aromatic carbocycles. The lowest BCUT2D eigenvalue weighted by atomic mass is 9.95. The predicted octanol–water partition coefficient (Wildman–Crippen LogP) is 3.26. The Morgan fingerprint density at radius 2 is 1.70 bits per heavy atom. The van der Waals surface area contributed by atoms with Gasteiger partial charge in [0.25, 0.3) is 5.91 Å². The number of benzene rings is 2. The number of carbonyl (C=O) groups excluding carboxylic acids is 1. The van der Waals surface area contributed by atoms with Crippen LogP contribution in [0.4, 0.5) is 0 Å². The summed E-state index contributed by atoms with van der Waals surface area (Å²) in [6, 6.07) is 14.8. The van der Waals surface area contributed by atoms with Crippen molar-refractivity contribution < 1.29 is 9.69 Å². The zero-order valence-corrected chi connectivity index (χ0v) is 18.6. The maximum atomic E-state index is 13.7. The van der Waals surface area contributed by atoms with E-state index in [0.29, 0.717) is 0 Å². The molecule has 30 heavy (non-hydrogen) atoms. The molecule has 4 rings (SSSR count). The summed E-state index contributed by atoms with van der Waals surface area (Å²) in [7, 11) is 0. The minimum absolute atomic E-state index is 0.164. The molecule has 0 unspecified atom stereocenters. The molecule has 1 amide bonds. The zero-order valence-electron chi connectivity index (χ0n) is 18.6. The quantitative estimate of drug-likeness (QED) is 0.727. The molecule has 1 N–H and O–H groups in total. The van der Waals surface area contributed by atoms with E-state index in [-0.39, 0.29) is 5.91 Å². The fourth-order valence-corrected chi connectivity index (χ4v) is 4.58. The second-order valence-electron chi connectivity index (χ2n) is 8.52. The third kappa shape index (κ3) is 3.84. The molecular weight excluding hydrogens is 370 g/mol. The van der Waals surface area contributed by atoms with Crippen LogP contribution in [0.15, 0.2) is 42.5 Å². The van der Waals surface area contributed by atoms with Crippen LogP contribution in [0, 0.1) is 20.8 Å². The fourth-order valence-electron chi connectivity index (χ4n) is 4.58. The van der Waals surface area contributed by atoms with Crippen molar-refractivity contribution >= 4 is 16.8 Å². The number of aromatic nitrogens is 1. The van der Waals surface area contributed by atoms with Crippen LogP contribution in [0.5, 0.6) is 0 Å². The molecule has 0 spiro atoms. The van der Waals surface area contributed by atoms with Gasteiger partial charge >= 0.3 is 0 Å². The van der Waals surface area contributed by atoms with Crippen molar-refractivity contribution in [3.05, 3.63) is 76.0 Å². The third-order valence-electron chi connectivity index (χ3n) is 6.63. The Bertz CT molecular complexity index is 1070. The molecule has 4 nitrogen and oxygen atoms in total. The number of rotatable bonds is 4. The monoisotopic (exact) mass is 402 g/mol. The topological polar surface area (TPSA) is 37.6 Å². The highest BCUT2D eigenvalue weighted by Gasteiger charge is 2.28. The summed E-state index contributed by atoms with van der Waals surface area (Å²) in [5, 5.41) is 0.997. The summed E-state index contributed by atoms with van der Waals surface area (Å²) in [5.41, 5.74) is 7.67. The van der Waals surface area contributed by atoms with Crippen molar-refractivity contribution in [2.24, 2.45) is 0 Å². The Morgan fingerprint density at radius 3 is 2.37 bits per heavy atom. The van der Waals surface area contributed by atoms with E-state index in [2.05, 4.69) is 70.2 Å². The van der Waals surface area contributed by atoms with Crippen LogP contribution in [-0.4, -0.2) is 42.0 Å². The lowest BCUT2D eigenvalue weighted by Crippen LogP contribution is -3.13. The average Bonchev–Trinajstić information content (AvgIpc) is 2.77. The maximum absolute atomic E-state index is 13.7. The standard InChI is InChI=1S/C26H31N3O/c1-5-23-20(4)24(22-12-11-18(2)19(3)25(22)27-23)26(30)29-15-13-28(14-16-29)17-21-9-7-6-8-10-21/h6-12H,5,13-17H2,1-4H3/p+1. The number of fused-ring (bicyclic) bond motifs is 1. The summed E-state index contributed by atoms with van der Waals surface area (Å²) in [5.74, 6) is 0.164. The van der Waals surface area contributed by atoms with E-state index in [0.717, 1.165) is 66.9 Å². The lowest BCUT2D eigenvalue weighted by Gasteiger charge is -2.33. The minimum Gasteiger partial charge on any atom is -0.328 e. The molecule has 1 aliphatic heterocycles. The Kier molecular flexibility index (Phi) is 5.87. The van der Waals surface area contributed by atoms with Crippen molar-refractivity contribution in [3.63, 3.8) is 0 Å².